The SMILES string of the molecule is C=CC[C@@H]1/C=C(\C)C[C@H](C)C[C@H](OC)[C@H]2O[C@@](O)(C(=O)C(=O)N3CCCC[C@H]3C(=O)OC(/C(C)=C/[C@@H]3CC[C@@H](OC[C@@H]4CCC(=O)O4)[C@H](OC)C3)[C@H](C)[C@@H](O)CC1=O)[C@H](C)C[C@@H]2OC. The zero-order valence-corrected chi connectivity index (χ0v) is 39.4. The van der Waals surface area contributed by atoms with Gasteiger partial charge in [0.05, 0.1) is 37.1 Å². The van der Waals surface area contributed by atoms with Gasteiger partial charge in [-0.25, -0.2) is 4.79 Å². The number of ketones is 2. The second kappa shape index (κ2) is 23.4. The Bertz CT molecular complexity index is 1710. The van der Waals surface area contributed by atoms with Gasteiger partial charge in [-0.1, -0.05) is 44.6 Å². The van der Waals surface area contributed by atoms with Crippen molar-refractivity contribution in [2.24, 2.45) is 29.6 Å². The molecule has 2 N–H and O–H groups in total. The highest BCUT2D eigenvalue weighted by atomic mass is 16.7. The number of esters is 2. The molecule has 4 heterocycles. The number of methoxy groups -OCH3 is 3. The number of aliphatic hydroxyl groups is 2. The molecule has 4 aliphatic heterocycles. The molecule has 5 rings (SSSR count). The number of nitrogens with zero attached hydrogens (tertiary/aromatic N) is 1. The second-order valence-electron chi connectivity index (χ2n) is 19.2. The number of ether oxygens (including phenoxy) is 7. The molecular weight excluding hydrogens is 827 g/mol. The van der Waals surface area contributed by atoms with E-state index in [1.807, 2.05) is 32.9 Å². The van der Waals surface area contributed by atoms with Crippen LogP contribution in [0.5, 0.6) is 0 Å². The van der Waals surface area contributed by atoms with Crippen LogP contribution in [0.1, 0.15) is 118 Å². The van der Waals surface area contributed by atoms with E-state index in [-0.39, 0.29) is 67.7 Å². The molecule has 0 aromatic carbocycles. The molecule has 15 nitrogen and oxygen atoms in total. The van der Waals surface area contributed by atoms with Gasteiger partial charge in [0, 0.05) is 58.5 Å². The number of carbonyl (C=O) groups excluding carboxylic acids is 5. The lowest BCUT2D eigenvalue weighted by Gasteiger charge is -2.47. The Morgan fingerprint density at radius 2 is 1.61 bits per heavy atom. The molecule has 0 aromatic heterocycles. The molecule has 360 valence electrons. The minimum absolute atomic E-state index is 0.000657. The van der Waals surface area contributed by atoms with Gasteiger partial charge < -0.3 is 48.3 Å². The summed E-state index contributed by atoms with van der Waals surface area (Å²) in [5, 5.41) is 24.0. The Kier molecular flexibility index (Phi) is 18.9. The predicted molar refractivity (Wildman–Crippen MR) is 235 cm³/mol. The summed E-state index contributed by atoms with van der Waals surface area (Å²) in [5.74, 6) is -8.07. The maximum Gasteiger partial charge on any atom is 0.329 e. The van der Waals surface area contributed by atoms with E-state index in [1.54, 1.807) is 27.0 Å². The number of fused-ring (bicyclic) bond motifs is 3. The molecule has 15 heteroatoms. The zero-order chi connectivity index (χ0) is 46.9. The highest BCUT2D eigenvalue weighted by Crippen LogP contribution is 2.39. The minimum atomic E-state index is -2.52. The summed E-state index contributed by atoms with van der Waals surface area (Å²) in [6.07, 6.45) is 6.30. The van der Waals surface area contributed by atoms with E-state index in [9.17, 15) is 34.2 Å². The first-order valence-corrected chi connectivity index (χ1v) is 23.5. The number of cyclic esters (lactones) is 2. The molecule has 3 saturated heterocycles. The third kappa shape index (κ3) is 12.6. The average Bonchev–Trinajstić information content (AvgIpc) is 3.70. The van der Waals surface area contributed by atoms with Crippen molar-refractivity contribution in [3.63, 3.8) is 0 Å². The van der Waals surface area contributed by atoms with Crippen LogP contribution in [0.2, 0.25) is 0 Å². The van der Waals surface area contributed by atoms with Gasteiger partial charge in [-0.05, 0) is 102 Å². The molecule has 0 spiro atoms. The number of piperidine rings is 1. The van der Waals surface area contributed by atoms with Gasteiger partial charge in [0.1, 0.15) is 30.1 Å². The average molecular weight is 902 g/mol. The Morgan fingerprint density at radius 1 is 0.906 bits per heavy atom. The smallest absolute Gasteiger partial charge is 0.329 e. The quantitative estimate of drug-likeness (QED) is 0.162. The number of Topliss-reactive ketones (excluding diaryl/α,β-unsaturated/α-hetero) is 2. The van der Waals surface area contributed by atoms with E-state index in [1.165, 1.54) is 19.1 Å². The van der Waals surface area contributed by atoms with E-state index >= 15 is 0 Å². The Morgan fingerprint density at radius 3 is 2.27 bits per heavy atom. The molecule has 4 fully saturated rings. The van der Waals surface area contributed by atoms with Crippen LogP contribution in [-0.2, 0) is 57.1 Å². The van der Waals surface area contributed by atoms with Crippen LogP contribution >= 0.6 is 0 Å². The maximum atomic E-state index is 14.5. The second-order valence-corrected chi connectivity index (χ2v) is 19.2. The molecule has 15 atom stereocenters. The summed E-state index contributed by atoms with van der Waals surface area (Å²) in [6.45, 7) is 13.5. The van der Waals surface area contributed by atoms with Crippen molar-refractivity contribution >= 4 is 29.4 Å². The number of carbonyl (C=O) groups is 5. The van der Waals surface area contributed by atoms with E-state index < -0.39 is 77.8 Å². The van der Waals surface area contributed by atoms with Crippen LogP contribution in [0.25, 0.3) is 0 Å². The van der Waals surface area contributed by atoms with Crippen molar-refractivity contribution in [2.45, 2.75) is 179 Å². The molecule has 5 aliphatic rings. The summed E-state index contributed by atoms with van der Waals surface area (Å²) >= 11 is 0. The van der Waals surface area contributed by atoms with Crippen LogP contribution in [-0.4, -0.2) is 140 Å². The lowest BCUT2D eigenvalue weighted by Crippen LogP contribution is -2.64. The van der Waals surface area contributed by atoms with E-state index in [4.69, 9.17) is 33.2 Å². The topological polar surface area (TPSA) is 194 Å². The summed E-state index contributed by atoms with van der Waals surface area (Å²) < 4.78 is 41.8. The highest BCUT2D eigenvalue weighted by molar-refractivity contribution is 6.39. The van der Waals surface area contributed by atoms with Gasteiger partial charge in [-0.15, -0.1) is 6.58 Å². The van der Waals surface area contributed by atoms with Crippen LogP contribution in [0.15, 0.2) is 36.0 Å². The number of hydrogen-bond acceptors (Lipinski definition) is 14. The van der Waals surface area contributed by atoms with Crippen LogP contribution in [0, 0.1) is 29.6 Å². The van der Waals surface area contributed by atoms with Crippen LogP contribution < -0.4 is 0 Å². The van der Waals surface area contributed by atoms with Crippen molar-refractivity contribution in [3.8, 4) is 0 Å². The fraction of sp³-hybridized carbons (Fsp3) is 0.776. The van der Waals surface area contributed by atoms with Gasteiger partial charge in [0.2, 0.25) is 5.79 Å². The van der Waals surface area contributed by atoms with Crippen molar-refractivity contribution in [1.29, 1.82) is 0 Å². The Labute approximate surface area is 379 Å². The van der Waals surface area contributed by atoms with Gasteiger partial charge in [0.15, 0.2) is 0 Å². The monoisotopic (exact) mass is 902 g/mol. The van der Waals surface area contributed by atoms with Crippen LogP contribution in [0.4, 0.5) is 0 Å². The summed E-state index contributed by atoms with van der Waals surface area (Å²) in [4.78, 5) is 70.0. The summed E-state index contributed by atoms with van der Waals surface area (Å²) in [6, 6.07) is -1.16. The van der Waals surface area contributed by atoms with Gasteiger partial charge in [0.25, 0.3) is 11.7 Å². The van der Waals surface area contributed by atoms with Gasteiger partial charge >= 0.3 is 11.9 Å². The fourth-order valence-electron chi connectivity index (χ4n) is 10.5. The molecule has 1 saturated carbocycles. The zero-order valence-electron chi connectivity index (χ0n) is 39.4. The Hall–Kier alpha value is -3.31. The number of hydrogen-bond donors (Lipinski definition) is 2. The summed E-state index contributed by atoms with van der Waals surface area (Å²) in [7, 11) is 4.68. The van der Waals surface area contributed by atoms with Crippen LogP contribution in [0.3, 0.4) is 0 Å². The normalized spacial score (nSPS) is 40.1. The van der Waals surface area contributed by atoms with E-state index in [0.717, 1.165) is 12.0 Å². The molecule has 1 unspecified atom stereocenters. The van der Waals surface area contributed by atoms with Gasteiger partial charge in [-0.2, -0.15) is 0 Å². The largest absolute Gasteiger partial charge is 0.460 e. The van der Waals surface area contributed by atoms with Crippen molar-refractivity contribution in [3.05, 3.63) is 36.0 Å². The first kappa shape index (κ1) is 51.7. The minimum Gasteiger partial charge on any atom is -0.460 e. The Balaban J connectivity index is 1.48. The lowest BCUT2D eigenvalue weighted by molar-refractivity contribution is -0.302. The summed E-state index contributed by atoms with van der Waals surface area (Å²) in [5.41, 5.74) is 1.61. The predicted octanol–water partition coefficient (Wildman–Crippen LogP) is 5.37. The van der Waals surface area contributed by atoms with Gasteiger partial charge in [-0.3, -0.25) is 19.2 Å². The molecule has 2 bridgehead atoms. The molecule has 64 heavy (non-hydrogen) atoms. The molecule has 0 radical (unpaired) electrons. The number of rotatable bonds is 10. The molecule has 0 aromatic rings. The van der Waals surface area contributed by atoms with E-state index in [0.29, 0.717) is 70.0 Å². The number of allylic oxidation sites excluding steroid dienone is 4. The fourth-order valence-corrected chi connectivity index (χ4v) is 10.5. The number of aliphatic hydroxyl groups excluding tert-OH is 1. The standard InChI is InChI=1S/C49H75NO14/c1-10-13-34-21-28(2)20-29(3)22-41(59-8)45-42(60-9)24-31(5)49(57,64-45)46(54)47(55)50-19-12-11-14-36(50)48(56)63-44(32(6)37(51)26-38(34)52)30(4)23-33-15-17-39(40(25-33)58-7)61-27-35-16-18-43(53)62-35/h10,21,23,29,31-37,39-42,44-45,51,57H,1,11-20,22,24-27H2,2-9H3/b28-21+,30-23+/t29-,31+,32+,33-,34+,35-,36-,37-,39+,40+,41-,42-,44?,45+,49+/m0/s1. The lowest BCUT2D eigenvalue weighted by atomic mass is 9.81. The van der Waals surface area contributed by atoms with Crippen molar-refractivity contribution < 1.29 is 67.3 Å². The van der Waals surface area contributed by atoms with Crippen molar-refractivity contribution in [1.82, 2.24) is 4.90 Å². The van der Waals surface area contributed by atoms with E-state index in [2.05, 4.69) is 6.58 Å². The first-order chi connectivity index (χ1) is 30.4. The van der Waals surface area contributed by atoms with Crippen molar-refractivity contribution in [2.75, 3.05) is 34.5 Å². The molecule has 1 aliphatic carbocycles. The third-order valence-corrected chi connectivity index (χ3v) is 14.3. The molecular formula is C49H75NO14. The maximum absolute atomic E-state index is 14.5. The number of amides is 1. The highest BCUT2D eigenvalue weighted by Gasteiger charge is 2.56. The molecule has 1 amide bonds. The first-order valence-electron chi connectivity index (χ1n) is 23.5. The third-order valence-electron chi connectivity index (χ3n) is 14.3.